The Balaban J connectivity index is 1.87. The van der Waals surface area contributed by atoms with Crippen molar-refractivity contribution in [1.29, 1.82) is 5.26 Å². The molecule has 1 fully saturated rings. The number of rotatable bonds is 1. The Morgan fingerprint density at radius 3 is 2.78 bits per heavy atom. The van der Waals surface area contributed by atoms with Gasteiger partial charge in [-0.3, -0.25) is 4.90 Å². The van der Waals surface area contributed by atoms with Gasteiger partial charge in [-0.25, -0.2) is 24.1 Å². The monoisotopic (exact) mass is 392 g/mol. The van der Waals surface area contributed by atoms with E-state index in [9.17, 15) is 14.4 Å². The van der Waals surface area contributed by atoms with Gasteiger partial charge in [0.15, 0.2) is 11.0 Å². The van der Waals surface area contributed by atoms with Gasteiger partial charge >= 0.3 is 6.09 Å². The highest BCUT2D eigenvalue weighted by Gasteiger charge is 2.34. The average Bonchev–Trinajstić information content (AvgIpc) is 2.62. The lowest BCUT2D eigenvalue weighted by Gasteiger charge is -2.39. The van der Waals surface area contributed by atoms with Crippen molar-refractivity contribution < 1.29 is 13.9 Å². The Labute approximate surface area is 160 Å². The van der Waals surface area contributed by atoms with Crippen molar-refractivity contribution in [3.8, 4) is 6.07 Å². The molecule has 1 atom stereocenters. The molecule has 0 N–H and O–H groups in total. The standard InChI is InChI=1S/C17H18ClFN6O2/c1-17(2,3)27-16(26)25-5-4-24(8-10(25)6-20)15-11-7-21-14(18)12(19)13(11)22-9-23-15/h7,9-10H,4-5,8H2,1-3H3. The number of aromatic nitrogens is 3. The van der Waals surface area contributed by atoms with Gasteiger partial charge in [0.05, 0.1) is 18.0 Å². The average molecular weight is 393 g/mol. The number of hydrogen-bond donors (Lipinski definition) is 0. The lowest BCUT2D eigenvalue weighted by atomic mass is 10.1. The van der Waals surface area contributed by atoms with Crippen molar-refractivity contribution in [2.75, 3.05) is 24.5 Å². The molecule has 2 aromatic heterocycles. The van der Waals surface area contributed by atoms with E-state index in [2.05, 4.69) is 21.0 Å². The zero-order valence-corrected chi connectivity index (χ0v) is 15.9. The summed E-state index contributed by atoms with van der Waals surface area (Å²) >= 11 is 5.72. The van der Waals surface area contributed by atoms with Crippen molar-refractivity contribution in [3.05, 3.63) is 23.5 Å². The number of amides is 1. The highest BCUT2D eigenvalue weighted by atomic mass is 35.5. The molecule has 3 rings (SSSR count). The van der Waals surface area contributed by atoms with E-state index in [1.165, 1.54) is 17.4 Å². The summed E-state index contributed by atoms with van der Waals surface area (Å²) in [7, 11) is 0. The van der Waals surface area contributed by atoms with Crippen LogP contribution >= 0.6 is 11.6 Å². The molecule has 0 aliphatic carbocycles. The third kappa shape index (κ3) is 3.85. The Hall–Kier alpha value is -2.73. The van der Waals surface area contributed by atoms with E-state index in [4.69, 9.17) is 16.3 Å². The van der Waals surface area contributed by atoms with Crippen molar-refractivity contribution >= 4 is 34.4 Å². The molecule has 0 saturated carbocycles. The van der Waals surface area contributed by atoms with Crippen molar-refractivity contribution in [3.63, 3.8) is 0 Å². The number of nitriles is 1. The second-order valence-electron chi connectivity index (χ2n) is 7.09. The molecule has 0 spiro atoms. The second kappa shape index (κ2) is 7.12. The molecular weight excluding hydrogens is 375 g/mol. The highest BCUT2D eigenvalue weighted by Crippen LogP contribution is 2.28. The van der Waals surface area contributed by atoms with Crippen LogP contribution in [-0.2, 0) is 4.74 Å². The topological polar surface area (TPSA) is 95.2 Å². The van der Waals surface area contributed by atoms with Crippen LogP contribution in [-0.4, -0.2) is 57.2 Å². The zero-order chi connectivity index (χ0) is 19.8. The van der Waals surface area contributed by atoms with Crippen molar-refractivity contribution in [2.45, 2.75) is 32.4 Å². The van der Waals surface area contributed by atoms with Crippen LogP contribution in [0.2, 0.25) is 5.15 Å². The molecular formula is C17H18ClFN6O2. The predicted molar refractivity (Wildman–Crippen MR) is 96.9 cm³/mol. The first-order valence-electron chi connectivity index (χ1n) is 8.30. The van der Waals surface area contributed by atoms with Crippen molar-refractivity contribution in [2.24, 2.45) is 0 Å². The largest absolute Gasteiger partial charge is 0.444 e. The molecule has 1 aliphatic rings. The van der Waals surface area contributed by atoms with Gasteiger partial charge in [0.2, 0.25) is 0 Å². The molecule has 142 valence electrons. The van der Waals surface area contributed by atoms with E-state index in [-0.39, 0.29) is 23.8 Å². The summed E-state index contributed by atoms with van der Waals surface area (Å²) in [6.07, 6.45) is 2.09. The van der Waals surface area contributed by atoms with Gasteiger partial charge in [0, 0.05) is 19.3 Å². The van der Waals surface area contributed by atoms with Crippen LogP contribution in [0.25, 0.3) is 10.9 Å². The first-order chi connectivity index (χ1) is 12.7. The highest BCUT2D eigenvalue weighted by molar-refractivity contribution is 6.30. The van der Waals surface area contributed by atoms with Gasteiger partial charge in [-0.2, -0.15) is 5.26 Å². The summed E-state index contributed by atoms with van der Waals surface area (Å²) < 4.78 is 19.6. The normalized spacial score (nSPS) is 17.7. The lowest BCUT2D eigenvalue weighted by Crippen LogP contribution is -2.56. The fraction of sp³-hybridized carbons (Fsp3) is 0.471. The molecule has 8 nitrogen and oxygen atoms in total. The van der Waals surface area contributed by atoms with Crippen molar-refractivity contribution in [1.82, 2.24) is 19.9 Å². The van der Waals surface area contributed by atoms with Gasteiger partial charge < -0.3 is 9.64 Å². The zero-order valence-electron chi connectivity index (χ0n) is 15.1. The van der Waals surface area contributed by atoms with Gasteiger partial charge in [-0.1, -0.05) is 11.6 Å². The van der Waals surface area contributed by atoms with E-state index in [1.54, 1.807) is 25.7 Å². The fourth-order valence-corrected chi connectivity index (χ4v) is 2.97. The maximum Gasteiger partial charge on any atom is 0.411 e. The number of carbonyl (C=O) groups excluding carboxylic acids is 1. The van der Waals surface area contributed by atoms with Crippen LogP contribution < -0.4 is 4.90 Å². The summed E-state index contributed by atoms with van der Waals surface area (Å²) in [5.74, 6) is -0.283. The van der Waals surface area contributed by atoms with Gasteiger partial charge in [0.1, 0.15) is 29.3 Å². The summed E-state index contributed by atoms with van der Waals surface area (Å²) in [5, 5.41) is 9.64. The van der Waals surface area contributed by atoms with E-state index in [1.807, 2.05) is 0 Å². The lowest BCUT2D eigenvalue weighted by molar-refractivity contribution is 0.0189. The molecule has 27 heavy (non-hydrogen) atoms. The third-order valence-corrected chi connectivity index (χ3v) is 4.28. The van der Waals surface area contributed by atoms with E-state index in [0.29, 0.717) is 17.7 Å². The van der Waals surface area contributed by atoms with E-state index in [0.717, 1.165) is 0 Å². The molecule has 0 bridgehead atoms. The molecule has 3 heterocycles. The number of fused-ring (bicyclic) bond motifs is 1. The fourth-order valence-electron chi connectivity index (χ4n) is 2.83. The van der Waals surface area contributed by atoms with Crippen LogP contribution in [0.1, 0.15) is 20.8 Å². The first kappa shape index (κ1) is 19.0. The molecule has 1 unspecified atom stereocenters. The molecule has 0 aromatic carbocycles. The van der Waals surface area contributed by atoms with Gasteiger partial charge in [0.25, 0.3) is 0 Å². The molecule has 1 saturated heterocycles. The third-order valence-electron chi connectivity index (χ3n) is 4.02. The minimum atomic E-state index is -0.733. The smallest absolute Gasteiger partial charge is 0.411 e. The number of anilines is 1. The summed E-state index contributed by atoms with van der Waals surface area (Å²) in [6.45, 7) is 6.16. The number of ether oxygens (including phenoxy) is 1. The molecule has 10 heteroatoms. The van der Waals surface area contributed by atoms with E-state index >= 15 is 0 Å². The Morgan fingerprint density at radius 2 is 2.11 bits per heavy atom. The Bertz CT molecular complexity index is 926. The number of halogens is 2. The minimum Gasteiger partial charge on any atom is -0.444 e. The Morgan fingerprint density at radius 1 is 1.37 bits per heavy atom. The van der Waals surface area contributed by atoms with Crippen LogP contribution in [0.15, 0.2) is 12.5 Å². The van der Waals surface area contributed by atoms with Crippen LogP contribution in [0.5, 0.6) is 0 Å². The number of hydrogen-bond acceptors (Lipinski definition) is 7. The number of carbonyl (C=O) groups is 1. The van der Waals surface area contributed by atoms with Crippen LogP contribution in [0.4, 0.5) is 15.0 Å². The van der Waals surface area contributed by atoms with Crippen LogP contribution in [0.3, 0.4) is 0 Å². The van der Waals surface area contributed by atoms with Gasteiger partial charge in [-0.05, 0) is 20.8 Å². The molecule has 1 aliphatic heterocycles. The number of nitrogens with zero attached hydrogens (tertiary/aromatic N) is 6. The Kier molecular flexibility index (Phi) is 5.02. The maximum atomic E-state index is 14.2. The second-order valence-corrected chi connectivity index (χ2v) is 7.45. The molecule has 2 aromatic rings. The summed E-state index contributed by atoms with van der Waals surface area (Å²) in [4.78, 5) is 27.5. The summed E-state index contributed by atoms with van der Waals surface area (Å²) in [6, 6.07) is 1.39. The van der Waals surface area contributed by atoms with Crippen LogP contribution in [0, 0.1) is 17.1 Å². The SMILES string of the molecule is CC(C)(C)OC(=O)N1CCN(c2ncnc3c(F)c(Cl)ncc23)CC1C#N. The first-order valence-corrected chi connectivity index (χ1v) is 8.68. The molecule has 0 radical (unpaired) electrons. The summed E-state index contributed by atoms with van der Waals surface area (Å²) in [5.41, 5.74) is -0.595. The maximum absolute atomic E-state index is 14.2. The molecule has 1 amide bonds. The van der Waals surface area contributed by atoms with Gasteiger partial charge in [-0.15, -0.1) is 0 Å². The number of piperazine rings is 1. The quantitative estimate of drug-likeness (QED) is 0.688. The minimum absolute atomic E-state index is 0.0584. The van der Waals surface area contributed by atoms with E-state index < -0.39 is 23.6 Å². The number of pyridine rings is 1. The predicted octanol–water partition coefficient (Wildman–Crippen LogP) is 2.77.